The number of fused-ring (bicyclic) bond motifs is 1. The molecule has 0 saturated carbocycles. The summed E-state index contributed by atoms with van der Waals surface area (Å²) in [6.07, 6.45) is 0.784. The second-order valence-corrected chi connectivity index (χ2v) is 8.69. The molecule has 0 aromatic heterocycles. The topological polar surface area (TPSA) is 66.5 Å². The lowest BCUT2D eigenvalue weighted by molar-refractivity contribution is -0.133. The van der Waals surface area contributed by atoms with Crippen molar-refractivity contribution >= 4 is 27.5 Å². The van der Waals surface area contributed by atoms with E-state index < -0.39 is 16.1 Å². The molecule has 3 rings (SSSR count). The molecule has 0 spiro atoms. The fraction of sp³-hybridized carbons (Fsp3) is 0.316. The molecular formula is C19H21ClN2O3S. The fourth-order valence-corrected chi connectivity index (χ4v) is 4.60. The van der Waals surface area contributed by atoms with Gasteiger partial charge < -0.3 is 4.90 Å². The summed E-state index contributed by atoms with van der Waals surface area (Å²) in [4.78, 5) is 14.4. The van der Waals surface area contributed by atoms with Crippen molar-refractivity contribution in [1.82, 2.24) is 9.62 Å². The summed E-state index contributed by atoms with van der Waals surface area (Å²) in [5.74, 6) is -0.399. The minimum Gasteiger partial charge on any atom is -0.337 e. The standard InChI is InChI=1S/C19H21ClN2O3S/c1-14(21-26(24,25)13-15-6-8-18(20)9-7-15)19(23)22-11-10-16-4-2-3-5-17(16)12-22/h2-9,14,21H,10-13H2,1H3/t14-/m0/s1. The van der Waals surface area contributed by atoms with Crippen LogP contribution in [0.5, 0.6) is 0 Å². The Morgan fingerprint density at radius 3 is 2.50 bits per heavy atom. The van der Waals surface area contributed by atoms with Gasteiger partial charge in [-0.2, -0.15) is 0 Å². The minimum absolute atomic E-state index is 0.190. The summed E-state index contributed by atoms with van der Waals surface area (Å²) < 4.78 is 27.2. The maximum Gasteiger partial charge on any atom is 0.240 e. The molecule has 1 amide bonds. The van der Waals surface area contributed by atoms with Gasteiger partial charge in [-0.05, 0) is 42.2 Å². The van der Waals surface area contributed by atoms with E-state index in [-0.39, 0.29) is 11.7 Å². The van der Waals surface area contributed by atoms with E-state index in [1.54, 1.807) is 36.1 Å². The Labute approximate surface area is 159 Å². The molecule has 26 heavy (non-hydrogen) atoms. The lowest BCUT2D eigenvalue weighted by atomic mass is 9.99. The van der Waals surface area contributed by atoms with E-state index in [1.807, 2.05) is 18.2 Å². The molecule has 2 aromatic carbocycles. The number of hydrogen-bond donors (Lipinski definition) is 1. The molecule has 1 atom stereocenters. The summed E-state index contributed by atoms with van der Waals surface area (Å²) in [5.41, 5.74) is 2.98. The number of amides is 1. The highest BCUT2D eigenvalue weighted by Gasteiger charge is 2.27. The van der Waals surface area contributed by atoms with Crippen LogP contribution in [0.1, 0.15) is 23.6 Å². The minimum atomic E-state index is -3.63. The second kappa shape index (κ2) is 7.78. The van der Waals surface area contributed by atoms with Gasteiger partial charge in [-0.1, -0.05) is 48.0 Å². The number of carbonyl (C=O) groups is 1. The zero-order valence-electron chi connectivity index (χ0n) is 14.5. The smallest absolute Gasteiger partial charge is 0.240 e. The third-order valence-electron chi connectivity index (χ3n) is 4.44. The summed E-state index contributed by atoms with van der Waals surface area (Å²) in [6, 6.07) is 13.8. The van der Waals surface area contributed by atoms with Gasteiger partial charge in [-0.25, -0.2) is 13.1 Å². The van der Waals surface area contributed by atoms with E-state index in [1.165, 1.54) is 5.56 Å². The average molecular weight is 393 g/mol. The van der Waals surface area contributed by atoms with Crippen LogP contribution in [0.4, 0.5) is 0 Å². The number of nitrogens with one attached hydrogen (secondary N) is 1. The van der Waals surface area contributed by atoms with Crippen molar-refractivity contribution in [3.05, 3.63) is 70.2 Å². The van der Waals surface area contributed by atoms with E-state index in [9.17, 15) is 13.2 Å². The van der Waals surface area contributed by atoms with E-state index in [0.29, 0.717) is 23.7 Å². The number of rotatable bonds is 5. The van der Waals surface area contributed by atoms with E-state index in [4.69, 9.17) is 11.6 Å². The molecule has 138 valence electrons. The maximum atomic E-state index is 12.7. The van der Waals surface area contributed by atoms with Crippen molar-refractivity contribution in [3.8, 4) is 0 Å². The first-order valence-electron chi connectivity index (χ1n) is 8.44. The summed E-state index contributed by atoms with van der Waals surface area (Å²) >= 11 is 5.82. The summed E-state index contributed by atoms with van der Waals surface area (Å²) in [7, 11) is -3.63. The van der Waals surface area contributed by atoms with Gasteiger partial charge in [0, 0.05) is 18.1 Å². The maximum absolute atomic E-state index is 12.7. The molecule has 0 bridgehead atoms. The number of benzene rings is 2. The van der Waals surface area contributed by atoms with Gasteiger partial charge in [0.1, 0.15) is 0 Å². The first-order valence-corrected chi connectivity index (χ1v) is 10.5. The predicted molar refractivity (Wildman–Crippen MR) is 102 cm³/mol. The largest absolute Gasteiger partial charge is 0.337 e. The van der Waals surface area contributed by atoms with Crippen LogP contribution in [-0.4, -0.2) is 31.8 Å². The van der Waals surface area contributed by atoms with Gasteiger partial charge in [0.2, 0.25) is 15.9 Å². The Hall–Kier alpha value is -1.89. The summed E-state index contributed by atoms with van der Waals surface area (Å²) in [5, 5.41) is 0.549. The Morgan fingerprint density at radius 2 is 1.81 bits per heavy atom. The Kier molecular flexibility index (Phi) is 5.65. The molecule has 2 aromatic rings. The zero-order valence-corrected chi connectivity index (χ0v) is 16.1. The Bertz CT molecular complexity index is 897. The van der Waals surface area contributed by atoms with Crippen molar-refractivity contribution < 1.29 is 13.2 Å². The molecule has 1 aliphatic rings. The molecule has 0 saturated heterocycles. The quantitative estimate of drug-likeness (QED) is 0.850. The van der Waals surface area contributed by atoms with Gasteiger partial charge in [0.25, 0.3) is 0 Å². The first kappa shape index (κ1) is 18.9. The third kappa shape index (κ3) is 4.63. The predicted octanol–water partition coefficient (Wildman–Crippen LogP) is 2.73. The van der Waals surface area contributed by atoms with Gasteiger partial charge in [0.15, 0.2) is 0 Å². The Balaban J connectivity index is 1.62. The zero-order chi connectivity index (χ0) is 18.7. The lowest BCUT2D eigenvalue weighted by Gasteiger charge is -2.31. The van der Waals surface area contributed by atoms with Crippen molar-refractivity contribution in [3.63, 3.8) is 0 Å². The van der Waals surface area contributed by atoms with Crippen molar-refractivity contribution in [2.45, 2.75) is 31.7 Å². The SMILES string of the molecule is C[C@H](NS(=O)(=O)Cc1ccc(Cl)cc1)C(=O)N1CCc2ccccc2C1. The van der Waals surface area contributed by atoms with E-state index >= 15 is 0 Å². The molecular weight excluding hydrogens is 372 g/mol. The third-order valence-corrected chi connectivity index (χ3v) is 6.12. The number of hydrogen-bond acceptors (Lipinski definition) is 3. The van der Waals surface area contributed by atoms with E-state index in [0.717, 1.165) is 12.0 Å². The molecule has 5 nitrogen and oxygen atoms in total. The van der Waals surface area contributed by atoms with Crippen LogP contribution < -0.4 is 4.72 Å². The van der Waals surface area contributed by atoms with Crippen molar-refractivity contribution in [2.24, 2.45) is 0 Å². The van der Waals surface area contributed by atoms with Crippen LogP contribution in [0.3, 0.4) is 0 Å². The molecule has 7 heteroatoms. The molecule has 1 heterocycles. The van der Waals surface area contributed by atoms with Crippen LogP contribution in [0.25, 0.3) is 0 Å². The van der Waals surface area contributed by atoms with Gasteiger partial charge >= 0.3 is 0 Å². The lowest BCUT2D eigenvalue weighted by Crippen LogP contribution is -2.48. The van der Waals surface area contributed by atoms with Gasteiger partial charge in [-0.15, -0.1) is 0 Å². The molecule has 0 radical (unpaired) electrons. The molecule has 0 aliphatic carbocycles. The summed E-state index contributed by atoms with van der Waals surface area (Å²) in [6.45, 7) is 2.69. The molecule has 0 fully saturated rings. The average Bonchev–Trinajstić information content (AvgIpc) is 2.62. The van der Waals surface area contributed by atoms with Crippen molar-refractivity contribution in [2.75, 3.05) is 6.54 Å². The monoisotopic (exact) mass is 392 g/mol. The highest BCUT2D eigenvalue weighted by atomic mass is 35.5. The first-order chi connectivity index (χ1) is 12.3. The molecule has 1 N–H and O–H groups in total. The number of sulfonamides is 1. The van der Waals surface area contributed by atoms with Crippen molar-refractivity contribution in [1.29, 1.82) is 0 Å². The number of halogens is 1. The Morgan fingerprint density at radius 1 is 1.15 bits per heavy atom. The highest BCUT2D eigenvalue weighted by molar-refractivity contribution is 7.88. The molecule has 0 unspecified atom stereocenters. The fourth-order valence-electron chi connectivity index (χ4n) is 3.12. The second-order valence-electron chi connectivity index (χ2n) is 6.50. The van der Waals surface area contributed by atoms with Gasteiger partial charge in [-0.3, -0.25) is 4.79 Å². The van der Waals surface area contributed by atoms with Crippen LogP contribution >= 0.6 is 11.6 Å². The van der Waals surface area contributed by atoms with Crippen LogP contribution in [0, 0.1) is 0 Å². The number of carbonyl (C=O) groups excluding carboxylic acids is 1. The van der Waals surface area contributed by atoms with E-state index in [2.05, 4.69) is 10.8 Å². The molecule has 1 aliphatic heterocycles. The number of nitrogens with zero attached hydrogens (tertiary/aromatic N) is 1. The highest BCUT2D eigenvalue weighted by Crippen LogP contribution is 2.19. The van der Waals surface area contributed by atoms with Crippen LogP contribution in [0.2, 0.25) is 5.02 Å². The van der Waals surface area contributed by atoms with Crippen LogP contribution in [-0.2, 0) is 33.5 Å². The van der Waals surface area contributed by atoms with Crippen LogP contribution in [0.15, 0.2) is 48.5 Å². The normalized spacial score (nSPS) is 15.4. The van der Waals surface area contributed by atoms with Gasteiger partial charge in [0.05, 0.1) is 11.8 Å².